The summed E-state index contributed by atoms with van der Waals surface area (Å²) in [7, 11) is 1.80. The van der Waals surface area contributed by atoms with Crippen molar-refractivity contribution >= 4 is 17.7 Å². The van der Waals surface area contributed by atoms with Crippen LogP contribution in [-0.4, -0.2) is 37.3 Å². The molecule has 0 bridgehead atoms. The second-order valence-corrected chi connectivity index (χ2v) is 5.08. The predicted molar refractivity (Wildman–Crippen MR) is 76.7 cm³/mol. The standard InChI is InChI=1S/C12H18N6S/c1-3-4-5-8-19-12-16-10(13-2)15-11(17-12)18-7-6-14-9-18/h6-7,9H,3-5,8H2,1-2H3,(H,13,15,16,17). The number of rotatable bonds is 7. The molecule has 6 nitrogen and oxygen atoms in total. The van der Waals surface area contributed by atoms with Gasteiger partial charge in [0.1, 0.15) is 6.33 Å². The number of nitrogens with one attached hydrogen (secondary N) is 1. The first kappa shape index (κ1) is 13.8. The average molecular weight is 278 g/mol. The number of nitrogens with zero attached hydrogens (tertiary/aromatic N) is 5. The minimum atomic E-state index is 0.580. The van der Waals surface area contributed by atoms with E-state index in [1.165, 1.54) is 19.3 Å². The Morgan fingerprint density at radius 2 is 2.16 bits per heavy atom. The van der Waals surface area contributed by atoms with Gasteiger partial charge in [0.25, 0.3) is 0 Å². The van der Waals surface area contributed by atoms with E-state index in [2.05, 4.69) is 32.2 Å². The lowest BCUT2D eigenvalue weighted by atomic mass is 10.3. The first-order valence-electron chi connectivity index (χ1n) is 6.38. The van der Waals surface area contributed by atoms with Crippen molar-refractivity contribution in [1.29, 1.82) is 0 Å². The van der Waals surface area contributed by atoms with Gasteiger partial charge in [-0.2, -0.15) is 15.0 Å². The van der Waals surface area contributed by atoms with Gasteiger partial charge in [-0.15, -0.1) is 0 Å². The second-order valence-electron chi connectivity index (χ2n) is 4.02. The van der Waals surface area contributed by atoms with Crippen molar-refractivity contribution in [3.8, 4) is 5.95 Å². The van der Waals surface area contributed by atoms with Gasteiger partial charge in [0.05, 0.1) is 0 Å². The van der Waals surface area contributed by atoms with Gasteiger partial charge in [0.15, 0.2) is 5.16 Å². The molecule has 0 fully saturated rings. The molecule has 0 amide bonds. The number of aromatic nitrogens is 5. The van der Waals surface area contributed by atoms with Crippen LogP contribution < -0.4 is 5.32 Å². The summed E-state index contributed by atoms with van der Waals surface area (Å²) >= 11 is 1.67. The molecule has 0 spiro atoms. The minimum absolute atomic E-state index is 0.580. The number of hydrogen-bond acceptors (Lipinski definition) is 6. The molecular weight excluding hydrogens is 260 g/mol. The highest BCUT2D eigenvalue weighted by atomic mass is 32.2. The predicted octanol–water partition coefficient (Wildman–Crippen LogP) is 2.38. The fraction of sp³-hybridized carbons (Fsp3) is 0.500. The lowest BCUT2D eigenvalue weighted by molar-refractivity contribution is 0.775. The van der Waals surface area contributed by atoms with Crippen LogP contribution in [0.1, 0.15) is 26.2 Å². The summed E-state index contributed by atoms with van der Waals surface area (Å²) in [5.41, 5.74) is 0. The molecule has 2 aromatic rings. The van der Waals surface area contributed by atoms with Gasteiger partial charge < -0.3 is 5.32 Å². The third-order valence-electron chi connectivity index (χ3n) is 2.54. The summed E-state index contributed by atoms with van der Waals surface area (Å²) in [4.78, 5) is 17.1. The van der Waals surface area contributed by atoms with E-state index in [0.717, 1.165) is 10.9 Å². The van der Waals surface area contributed by atoms with Crippen LogP contribution in [0.15, 0.2) is 23.9 Å². The lowest BCUT2D eigenvalue weighted by Gasteiger charge is -2.06. The van der Waals surface area contributed by atoms with E-state index in [-0.39, 0.29) is 0 Å². The number of anilines is 1. The molecule has 2 rings (SSSR count). The van der Waals surface area contributed by atoms with Crippen molar-refractivity contribution < 1.29 is 0 Å². The first-order chi connectivity index (χ1) is 9.33. The van der Waals surface area contributed by atoms with Crippen LogP contribution in [0, 0.1) is 0 Å². The summed E-state index contributed by atoms with van der Waals surface area (Å²) in [6.07, 6.45) is 8.85. The summed E-state index contributed by atoms with van der Waals surface area (Å²) in [5.74, 6) is 2.20. The Labute approximate surface area is 117 Å². The van der Waals surface area contributed by atoms with E-state index < -0.39 is 0 Å². The maximum absolute atomic E-state index is 4.45. The monoisotopic (exact) mass is 278 g/mol. The molecule has 19 heavy (non-hydrogen) atoms. The van der Waals surface area contributed by atoms with Crippen LogP contribution in [0.5, 0.6) is 0 Å². The average Bonchev–Trinajstić information content (AvgIpc) is 2.97. The molecule has 0 saturated heterocycles. The fourth-order valence-corrected chi connectivity index (χ4v) is 2.36. The second kappa shape index (κ2) is 7.08. The van der Waals surface area contributed by atoms with Crippen molar-refractivity contribution in [2.75, 3.05) is 18.1 Å². The van der Waals surface area contributed by atoms with Gasteiger partial charge in [-0.1, -0.05) is 31.5 Å². The highest BCUT2D eigenvalue weighted by molar-refractivity contribution is 7.99. The molecule has 1 N–H and O–H groups in total. The van der Waals surface area contributed by atoms with Gasteiger partial charge in [-0.25, -0.2) is 4.98 Å². The number of thioether (sulfide) groups is 1. The van der Waals surface area contributed by atoms with E-state index in [4.69, 9.17) is 0 Å². The van der Waals surface area contributed by atoms with Crippen molar-refractivity contribution in [1.82, 2.24) is 24.5 Å². The third kappa shape index (κ3) is 3.92. The van der Waals surface area contributed by atoms with E-state index in [1.54, 1.807) is 35.9 Å². The van der Waals surface area contributed by atoms with Crippen LogP contribution in [-0.2, 0) is 0 Å². The largest absolute Gasteiger partial charge is 0.357 e. The fourth-order valence-electron chi connectivity index (χ4n) is 1.53. The Hall–Kier alpha value is -1.63. The molecule has 0 radical (unpaired) electrons. The zero-order chi connectivity index (χ0) is 13.5. The molecule has 102 valence electrons. The van der Waals surface area contributed by atoms with Gasteiger partial charge >= 0.3 is 0 Å². The van der Waals surface area contributed by atoms with Crippen LogP contribution in [0.3, 0.4) is 0 Å². The lowest BCUT2D eigenvalue weighted by Crippen LogP contribution is -2.06. The van der Waals surface area contributed by atoms with Crippen LogP contribution in [0.4, 0.5) is 5.95 Å². The van der Waals surface area contributed by atoms with Crippen molar-refractivity contribution in [3.63, 3.8) is 0 Å². The molecule has 0 aliphatic heterocycles. The Balaban J connectivity index is 2.12. The van der Waals surface area contributed by atoms with Crippen LogP contribution in [0.2, 0.25) is 0 Å². The van der Waals surface area contributed by atoms with Gasteiger partial charge in [-0.05, 0) is 6.42 Å². The molecule has 7 heteroatoms. The summed E-state index contributed by atoms with van der Waals surface area (Å²) in [5, 5.41) is 3.71. The number of unbranched alkanes of at least 4 members (excludes halogenated alkanes) is 2. The highest BCUT2D eigenvalue weighted by Crippen LogP contribution is 2.17. The molecular formula is C12H18N6S. The molecule has 0 aliphatic rings. The molecule has 2 aromatic heterocycles. The van der Waals surface area contributed by atoms with Gasteiger partial charge in [0, 0.05) is 25.2 Å². The van der Waals surface area contributed by atoms with E-state index in [9.17, 15) is 0 Å². The van der Waals surface area contributed by atoms with Crippen molar-refractivity contribution in [2.45, 2.75) is 31.3 Å². The molecule has 2 heterocycles. The molecule has 0 aliphatic carbocycles. The minimum Gasteiger partial charge on any atom is -0.357 e. The molecule has 0 unspecified atom stereocenters. The molecule has 0 atom stereocenters. The third-order valence-corrected chi connectivity index (χ3v) is 3.47. The number of hydrogen-bond donors (Lipinski definition) is 1. The van der Waals surface area contributed by atoms with E-state index in [1.807, 2.05) is 6.20 Å². The quantitative estimate of drug-likeness (QED) is 0.619. The normalized spacial score (nSPS) is 10.6. The summed E-state index contributed by atoms with van der Waals surface area (Å²) < 4.78 is 1.78. The smallest absolute Gasteiger partial charge is 0.240 e. The Kier molecular flexibility index (Phi) is 5.14. The topological polar surface area (TPSA) is 68.5 Å². The van der Waals surface area contributed by atoms with Crippen LogP contribution in [0.25, 0.3) is 5.95 Å². The Bertz CT molecular complexity index is 499. The zero-order valence-corrected chi connectivity index (χ0v) is 12.0. The van der Waals surface area contributed by atoms with Crippen molar-refractivity contribution in [2.24, 2.45) is 0 Å². The molecule has 0 aromatic carbocycles. The molecule has 0 saturated carbocycles. The van der Waals surface area contributed by atoms with Gasteiger partial charge in [-0.3, -0.25) is 4.57 Å². The first-order valence-corrected chi connectivity index (χ1v) is 7.37. The van der Waals surface area contributed by atoms with Crippen molar-refractivity contribution in [3.05, 3.63) is 18.7 Å². The van der Waals surface area contributed by atoms with Crippen LogP contribution >= 0.6 is 11.8 Å². The highest BCUT2D eigenvalue weighted by Gasteiger charge is 2.07. The maximum atomic E-state index is 4.45. The Morgan fingerprint density at radius 1 is 1.26 bits per heavy atom. The Morgan fingerprint density at radius 3 is 2.84 bits per heavy atom. The summed E-state index contributed by atoms with van der Waals surface area (Å²) in [6, 6.07) is 0. The van der Waals surface area contributed by atoms with E-state index in [0.29, 0.717) is 11.9 Å². The van der Waals surface area contributed by atoms with Gasteiger partial charge in [0.2, 0.25) is 11.9 Å². The summed E-state index contributed by atoms with van der Waals surface area (Å²) in [6.45, 7) is 2.20. The zero-order valence-electron chi connectivity index (χ0n) is 11.2. The van der Waals surface area contributed by atoms with E-state index >= 15 is 0 Å². The maximum Gasteiger partial charge on any atom is 0.240 e. The SMILES string of the molecule is CCCCCSc1nc(NC)nc(-n2ccnc2)n1. The number of imidazole rings is 1.